The molecule has 1 fully saturated rings. The van der Waals surface area contributed by atoms with Crippen molar-refractivity contribution >= 4 is 5.78 Å². The van der Waals surface area contributed by atoms with Gasteiger partial charge in [-0.05, 0) is 32.6 Å². The molecule has 4 nitrogen and oxygen atoms in total. The quantitative estimate of drug-likeness (QED) is 0.671. The van der Waals surface area contributed by atoms with Crippen LogP contribution in [0.15, 0.2) is 0 Å². The molecule has 0 aromatic carbocycles. The van der Waals surface area contributed by atoms with Crippen LogP contribution in [-0.4, -0.2) is 38.5 Å². The van der Waals surface area contributed by atoms with Crippen LogP contribution in [0.4, 0.5) is 0 Å². The lowest BCUT2D eigenvalue weighted by Crippen LogP contribution is -2.43. The Balaban J connectivity index is 2.39. The van der Waals surface area contributed by atoms with E-state index in [0.29, 0.717) is 13.0 Å². The largest absolute Gasteiger partial charge is 0.384 e. The van der Waals surface area contributed by atoms with Crippen LogP contribution in [0.2, 0.25) is 0 Å². The van der Waals surface area contributed by atoms with Crippen LogP contribution in [0, 0.1) is 0 Å². The molecule has 0 amide bonds. The number of carbonyl (C=O) groups excluding carboxylic acids is 1. The molecule has 0 radical (unpaired) electrons. The molecule has 1 aliphatic heterocycles. The van der Waals surface area contributed by atoms with E-state index in [9.17, 15) is 4.79 Å². The molecule has 1 rings (SSSR count). The molecule has 4 heteroatoms. The molecule has 1 aliphatic rings. The Morgan fingerprint density at radius 2 is 2.22 bits per heavy atom. The number of hydrogen-bond donors (Lipinski definition) is 0. The maximum absolute atomic E-state index is 10.9. The summed E-state index contributed by atoms with van der Waals surface area (Å²) in [5.74, 6) is -0.224. The van der Waals surface area contributed by atoms with E-state index in [1.54, 1.807) is 21.1 Å². The van der Waals surface area contributed by atoms with E-state index < -0.39 is 5.79 Å². The van der Waals surface area contributed by atoms with E-state index in [4.69, 9.17) is 14.2 Å². The van der Waals surface area contributed by atoms with Crippen LogP contribution in [0.3, 0.4) is 0 Å². The first-order valence-electron chi connectivity index (χ1n) is 6.83. The molecule has 0 N–H and O–H groups in total. The molecule has 106 valence electrons. The van der Waals surface area contributed by atoms with Gasteiger partial charge in [0.05, 0.1) is 12.7 Å². The van der Waals surface area contributed by atoms with Crippen molar-refractivity contribution in [2.45, 2.75) is 63.8 Å². The van der Waals surface area contributed by atoms with E-state index in [1.165, 1.54) is 0 Å². The third-order valence-electron chi connectivity index (χ3n) is 3.58. The van der Waals surface area contributed by atoms with Crippen LogP contribution < -0.4 is 0 Å². The molecular weight excluding hydrogens is 232 g/mol. The fourth-order valence-corrected chi connectivity index (χ4v) is 2.50. The second-order valence-electron chi connectivity index (χ2n) is 5.08. The van der Waals surface area contributed by atoms with Crippen LogP contribution >= 0.6 is 0 Å². The summed E-state index contributed by atoms with van der Waals surface area (Å²) >= 11 is 0. The van der Waals surface area contributed by atoms with E-state index >= 15 is 0 Å². The summed E-state index contributed by atoms with van der Waals surface area (Å²) < 4.78 is 16.8. The maximum Gasteiger partial charge on any atom is 0.170 e. The fourth-order valence-electron chi connectivity index (χ4n) is 2.50. The summed E-state index contributed by atoms with van der Waals surface area (Å²) in [6.45, 7) is 2.29. The van der Waals surface area contributed by atoms with Crippen molar-refractivity contribution < 1.29 is 19.0 Å². The molecule has 0 unspecified atom stereocenters. The van der Waals surface area contributed by atoms with Gasteiger partial charge in [-0.1, -0.05) is 0 Å². The lowest BCUT2D eigenvalue weighted by molar-refractivity contribution is -0.275. The third-order valence-corrected chi connectivity index (χ3v) is 3.58. The molecular formula is C14H26O4. The van der Waals surface area contributed by atoms with Gasteiger partial charge in [0.15, 0.2) is 5.79 Å². The highest BCUT2D eigenvalue weighted by molar-refractivity contribution is 5.75. The minimum absolute atomic E-state index is 0.218. The van der Waals surface area contributed by atoms with E-state index in [-0.39, 0.29) is 11.9 Å². The highest BCUT2D eigenvalue weighted by atomic mass is 16.7. The zero-order chi connectivity index (χ0) is 13.4. The standard InChI is InChI=1S/C14H26O4/c1-12(15)6-4-7-13-8-5-9-14(17-3,18-13)10-11-16-2/h13H,4-11H2,1-3H3/t13-,14-/m0/s1. The van der Waals surface area contributed by atoms with Crippen molar-refractivity contribution in [3.05, 3.63) is 0 Å². The zero-order valence-electron chi connectivity index (χ0n) is 11.9. The maximum atomic E-state index is 10.9. The van der Waals surface area contributed by atoms with E-state index in [1.807, 2.05) is 0 Å². The molecule has 1 saturated heterocycles. The van der Waals surface area contributed by atoms with Gasteiger partial charge in [0.25, 0.3) is 0 Å². The molecule has 0 bridgehead atoms. The average Bonchev–Trinajstić information content (AvgIpc) is 2.36. The van der Waals surface area contributed by atoms with Crippen molar-refractivity contribution in [1.82, 2.24) is 0 Å². The lowest BCUT2D eigenvalue weighted by atomic mass is 9.96. The molecule has 0 aromatic heterocycles. The van der Waals surface area contributed by atoms with Gasteiger partial charge in [-0.15, -0.1) is 0 Å². The molecule has 0 saturated carbocycles. The number of hydrogen-bond acceptors (Lipinski definition) is 4. The number of Topliss-reactive ketones (excluding diaryl/α,β-unsaturated/α-hetero) is 1. The second kappa shape index (κ2) is 7.87. The number of rotatable bonds is 8. The van der Waals surface area contributed by atoms with Crippen molar-refractivity contribution in [3.8, 4) is 0 Å². The Kier molecular flexibility index (Phi) is 6.82. The van der Waals surface area contributed by atoms with Gasteiger partial charge in [0.1, 0.15) is 5.78 Å². The minimum atomic E-state index is -0.477. The Bertz CT molecular complexity index is 254. The summed E-state index contributed by atoms with van der Waals surface area (Å²) in [7, 11) is 3.39. The smallest absolute Gasteiger partial charge is 0.170 e. The highest BCUT2D eigenvalue weighted by Gasteiger charge is 2.36. The van der Waals surface area contributed by atoms with Gasteiger partial charge in [-0.3, -0.25) is 0 Å². The molecule has 0 aromatic rings. The van der Waals surface area contributed by atoms with Crippen LogP contribution in [0.25, 0.3) is 0 Å². The van der Waals surface area contributed by atoms with Gasteiger partial charge in [0, 0.05) is 33.5 Å². The van der Waals surface area contributed by atoms with Crippen LogP contribution in [0.5, 0.6) is 0 Å². The molecule has 2 atom stereocenters. The predicted octanol–water partition coefficient (Wildman–Crippen LogP) is 2.69. The SMILES string of the molecule is COCC[C@]1(OC)CCC[C@H](CCCC(C)=O)O1. The van der Waals surface area contributed by atoms with Crippen molar-refractivity contribution in [2.24, 2.45) is 0 Å². The van der Waals surface area contributed by atoms with Crippen LogP contribution in [0.1, 0.15) is 51.9 Å². The Labute approximate surface area is 110 Å². The highest BCUT2D eigenvalue weighted by Crippen LogP contribution is 2.34. The predicted molar refractivity (Wildman–Crippen MR) is 69.5 cm³/mol. The van der Waals surface area contributed by atoms with Gasteiger partial charge in [0.2, 0.25) is 0 Å². The van der Waals surface area contributed by atoms with E-state index in [2.05, 4.69) is 0 Å². The van der Waals surface area contributed by atoms with Crippen molar-refractivity contribution in [1.29, 1.82) is 0 Å². The van der Waals surface area contributed by atoms with Gasteiger partial charge < -0.3 is 19.0 Å². The topological polar surface area (TPSA) is 44.8 Å². The molecule has 0 aliphatic carbocycles. The summed E-state index contributed by atoms with van der Waals surface area (Å²) in [5, 5.41) is 0. The third kappa shape index (κ3) is 5.04. The average molecular weight is 258 g/mol. The Hall–Kier alpha value is -0.450. The first-order chi connectivity index (χ1) is 8.62. The van der Waals surface area contributed by atoms with Gasteiger partial charge in [-0.25, -0.2) is 0 Å². The second-order valence-corrected chi connectivity index (χ2v) is 5.08. The first kappa shape index (κ1) is 15.6. The summed E-state index contributed by atoms with van der Waals surface area (Å²) in [4.78, 5) is 10.9. The summed E-state index contributed by atoms with van der Waals surface area (Å²) in [5.41, 5.74) is 0. The van der Waals surface area contributed by atoms with Gasteiger partial charge >= 0.3 is 0 Å². The minimum Gasteiger partial charge on any atom is -0.384 e. The Morgan fingerprint density at radius 1 is 1.44 bits per heavy atom. The summed E-state index contributed by atoms with van der Waals surface area (Å²) in [6, 6.07) is 0. The fraction of sp³-hybridized carbons (Fsp3) is 0.929. The summed E-state index contributed by atoms with van der Waals surface area (Å²) in [6.07, 6.45) is 6.59. The normalized spacial score (nSPS) is 28.3. The van der Waals surface area contributed by atoms with E-state index in [0.717, 1.165) is 38.5 Å². The first-order valence-corrected chi connectivity index (χ1v) is 6.83. The number of ether oxygens (including phenoxy) is 3. The number of methoxy groups -OCH3 is 2. The lowest BCUT2D eigenvalue weighted by Gasteiger charge is -2.40. The number of carbonyl (C=O) groups is 1. The monoisotopic (exact) mass is 258 g/mol. The zero-order valence-corrected chi connectivity index (χ0v) is 11.9. The van der Waals surface area contributed by atoms with Crippen molar-refractivity contribution in [2.75, 3.05) is 20.8 Å². The molecule has 18 heavy (non-hydrogen) atoms. The molecule has 0 spiro atoms. The molecule has 1 heterocycles. The van der Waals surface area contributed by atoms with Gasteiger partial charge in [-0.2, -0.15) is 0 Å². The van der Waals surface area contributed by atoms with Crippen molar-refractivity contribution in [3.63, 3.8) is 0 Å². The number of ketones is 1. The Morgan fingerprint density at radius 3 is 2.83 bits per heavy atom. The van der Waals surface area contributed by atoms with Crippen LogP contribution in [-0.2, 0) is 19.0 Å².